The number of hydrogen-bond donors (Lipinski definition) is 1. The molecule has 1 atom stereocenters. The number of likely N-dealkylation sites (tertiary alicyclic amines) is 1. The summed E-state index contributed by atoms with van der Waals surface area (Å²) in [7, 11) is 1.71. The fraction of sp³-hybridized carbons (Fsp3) is 0.667. The Morgan fingerprint density at radius 1 is 1.27 bits per heavy atom. The van der Waals surface area contributed by atoms with Crippen molar-refractivity contribution < 1.29 is 9.47 Å². The molecule has 2 aliphatic rings. The molecule has 3 rings (SSSR count). The number of nitrogens with zero attached hydrogens (tertiary/aromatic N) is 1. The summed E-state index contributed by atoms with van der Waals surface area (Å²) < 4.78 is 11.1. The van der Waals surface area contributed by atoms with Gasteiger partial charge in [0, 0.05) is 19.6 Å². The van der Waals surface area contributed by atoms with Gasteiger partial charge in [0.2, 0.25) is 0 Å². The molecule has 1 unspecified atom stereocenters. The molecule has 1 spiro atoms. The molecule has 4 nitrogen and oxygen atoms in total. The average Bonchev–Trinajstić information content (AvgIpc) is 2.92. The highest BCUT2D eigenvalue weighted by molar-refractivity contribution is 5.43. The van der Waals surface area contributed by atoms with Gasteiger partial charge >= 0.3 is 0 Å². The van der Waals surface area contributed by atoms with Gasteiger partial charge in [-0.2, -0.15) is 0 Å². The molecule has 2 aliphatic heterocycles. The van der Waals surface area contributed by atoms with Crippen LogP contribution in [0.25, 0.3) is 0 Å². The summed E-state index contributed by atoms with van der Waals surface area (Å²) in [4.78, 5) is 2.59. The molecule has 1 N–H and O–H groups in total. The fourth-order valence-electron chi connectivity index (χ4n) is 3.88. The van der Waals surface area contributed by atoms with Gasteiger partial charge in [0.25, 0.3) is 0 Å². The van der Waals surface area contributed by atoms with E-state index in [4.69, 9.17) is 9.47 Å². The van der Waals surface area contributed by atoms with Gasteiger partial charge in [-0.3, -0.25) is 4.90 Å². The topological polar surface area (TPSA) is 33.7 Å². The maximum Gasteiger partial charge on any atom is 0.161 e. The lowest BCUT2D eigenvalue weighted by atomic mass is 9.80. The third-order valence-electron chi connectivity index (χ3n) is 5.01. The molecule has 0 aromatic heterocycles. The molecule has 2 fully saturated rings. The SMILES string of the molecule is CCOc1ccc(CN2CCC3(CCCNC3)C2)cc1OC. The summed E-state index contributed by atoms with van der Waals surface area (Å²) in [5, 5.41) is 3.58. The molecule has 122 valence electrons. The summed E-state index contributed by atoms with van der Waals surface area (Å²) in [5.41, 5.74) is 1.83. The summed E-state index contributed by atoms with van der Waals surface area (Å²) in [5.74, 6) is 1.68. The van der Waals surface area contributed by atoms with Gasteiger partial charge in [-0.1, -0.05) is 6.07 Å². The summed E-state index contributed by atoms with van der Waals surface area (Å²) in [6.07, 6.45) is 4.03. The first-order chi connectivity index (χ1) is 10.7. The molecule has 1 aromatic rings. The lowest BCUT2D eigenvalue weighted by Crippen LogP contribution is -2.41. The Labute approximate surface area is 133 Å². The highest BCUT2D eigenvalue weighted by Crippen LogP contribution is 2.37. The normalized spacial score (nSPS) is 25.5. The number of ether oxygens (including phenoxy) is 2. The Morgan fingerprint density at radius 3 is 2.91 bits per heavy atom. The first-order valence-electron chi connectivity index (χ1n) is 8.47. The van der Waals surface area contributed by atoms with Crippen molar-refractivity contribution in [2.75, 3.05) is 39.9 Å². The lowest BCUT2D eigenvalue weighted by Gasteiger charge is -2.34. The van der Waals surface area contributed by atoms with Crippen LogP contribution in [0.5, 0.6) is 11.5 Å². The van der Waals surface area contributed by atoms with Gasteiger partial charge in [-0.15, -0.1) is 0 Å². The number of benzene rings is 1. The smallest absolute Gasteiger partial charge is 0.161 e. The molecular weight excluding hydrogens is 276 g/mol. The number of hydrogen-bond acceptors (Lipinski definition) is 4. The third-order valence-corrected chi connectivity index (χ3v) is 5.01. The van der Waals surface area contributed by atoms with Gasteiger partial charge in [0.1, 0.15) is 0 Å². The van der Waals surface area contributed by atoms with E-state index in [9.17, 15) is 0 Å². The molecule has 0 amide bonds. The standard InChI is InChI=1S/C18H28N2O2/c1-3-22-16-6-5-15(11-17(16)21-2)12-20-10-8-18(14-20)7-4-9-19-13-18/h5-6,11,19H,3-4,7-10,12-14H2,1-2H3. The van der Waals surface area contributed by atoms with Crippen molar-refractivity contribution in [2.45, 2.75) is 32.7 Å². The molecule has 0 saturated carbocycles. The van der Waals surface area contributed by atoms with Crippen LogP contribution in [0.4, 0.5) is 0 Å². The van der Waals surface area contributed by atoms with E-state index in [0.717, 1.165) is 18.0 Å². The van der Waals surface area contributed by atoms with Gasteiger partial charge in [-0.05, 0) is 62.4 Å². The van der Waals surface area contributed by atoms with E-state index >= 15 is 0 Å². The second-order valence-electron chi connectivity index (χ2n) is 6.66. The van der Waals surface area contributed by atoms with Gasteiger partial charge in [0.05, 0.1) is 13.7 Å². The fourth-order valence-corrected chi connectivity index (χ4v) is 3.88. The molecule has 2 heterocycles. The quantitative estimate of drug-likeness (QED) is 0.907. The maximum atomic E-state index is 5.60. The Kier molecular flexibility index (Phi) is 4.89. The van der Waals surface area contributed by atoms with Crippen molar-refractivity contribution in [1.82, 2.24) is 10.2 Å². The van der Waals surface area contributed by atoms with Crippen molar-refractivity contribution in [2.24, 2.45) is 5.41 Å². The summed E-state index contributed by atoms with van der Waals surface area (Å²) in [6, 6.07) is 6.32. The van der Waals surface area contributed by atoms with E-state index in [1.807, 2.05) is 13.0 Å². The van der Waals surface area contributed by atoms with E-state index in [0.29, 0.717) is 12.0 Å². The third kappa shape index (κ3) is 3.39. The van der Waals surface area contributed by atoms with E-state index < -0.39 is 0 Å². The average molecular weight is 304 g/mol. The predicted octanol–water partition coefficient (Wildman–Crippen LogP) is 2.67. The van der Waals surface area contributed by atoms with Gasteiger partial charge in [-0.25, -0.2) is 0 Å². The monoisotopic (exact) mass is 304 g/mol. The summed E-state index contributed by atoms with van der Waals surface area (Å²) >= 11 is 0. The largest absolute Gasteiger partial charge is 0.493 e. The minimum absolute atomic E-state index is 0.521. The first-order valence-corrected chi connectivity index (χ1v) is 8.47. The summed E-state index contributed by atoms with van der Waals surface area (Å²) in [6.45, 7) is 8.47. The van der Waals surface area contributed by atoms with Crippen LogP contribution >= 0.6 is 0 Å². The minimum atomic E-state index is 0.521. The second kappa shape index (κ2) is 6.88. The van der Waals surface area contributed by atoms with Crippen LogP contribution in [-0.2, 0) is 6.54 Å². The van der Waals surface area contributed by atoms with E-state index in [-0.39, 0.29) is 0 Å². The van der Waals surface area contributed by atoms with E-state index in [1.165, 1.54) is 51.0 Å². The zero-order chi connectivity index (χ0) is 15.4. The van der Waals surface area contributed by atoms with E-state index in [2.05, 4.69) is 22.3 Å². The molecule has 0 aliphatic carbocycles. The molecule has 2 saturated heterocycles. The number of rotatable bonds is 5. The Morgan fingerprint density at radius 2 is 2.18 bits per heavy atom. The van der Waals surface area contributed by atoms with E-state index in [1.54, 1.807) is 7.11 Å². The van der Waals surface area contributed by atoms with Crippen molar-refractivity contribution in [1.29, 1.82) is 0 Å². The number of nitrogens with one attached hydrogen (secondary N) is 1. The Bertz CT molecular complexity index is 498. The van der Waals surface area contributed by atoms with Crippen LogP contribution in [-0.4, -0.2) is 44.8 Å². The molecule has 0 radical (unpaired) electrons. The number of methoxy groups -OCH3 is 1. The molecule has 1 aromatic carbocycles. The maximum absolute atomic E-state index is 5.60. The molecule has 4 heteroatoms. The van der Waals surface area contributed by atoms with Crippen molar-refractivity contribution >= 4 is 0 Å². The van der Waals surface area contributed by atoms with Crippen LogP contribution in [0.15, 0.2) is 18.2 Å². The van der Waals surface area contributed by atoms with Crippen molar-refractivity contribution in [3.8, 4) is 11.5 Å². The molecular formula is C18H28N2O2. The Hall–Kier alpha value is -1.26. The predicted molar refractivity (Wildman–Crippen MR) is 88.6 cm³/mol. The molecule has 22 heavy (non-hydrogen) atoms. The second-order valence-corrected chi connectivity index (χ2v) is 6.66. The van der Waals surface area contributed by atoms with Gasteiger partial charge in [0.15, 0.2) is 11.5 Å². The van der Waals surface area contributed by atoms with Crippen molar-refractivity contribution in [3.63, 3.8) is 0 Å². The van der Waals surface area contributed by atoms with Crippen LogP contribution in [0.2, 0.25) is 0 Å². The van der Waals surface area contributed by atoms with Crippen LogP contribution in [0, 0.1) is 5.41 Å². The minimum Gasteiger partial charge on any atom is -0.493 e. The van der Waals surface area contributed by atoms with Crippen molar-refractivity contribution in [3.05, 3.63) is 23.8 Å². The van der Waals surface area contributed by atoms with Crippen LogP contribution in [0.3, 0.4) is 0 Å². The Balaban J connectivity index is 1.64. The zero-order valence-electron chi connectivity index (χ0n) is 13.9. The highest BCUT2D eigenvalue weighted by Gasteiger charge is 2.38. The molecule has 0 bridgehead atoms. The van der Waals surface area contributed by atoms with Crippen LogP contribution < -0.4 is 14.8 Å². The van der Waals surface area contributed by atoms with Crippen LogP contribution in [0.1, 0.15) is 31.7 Å². The number of piperidine rings is 1. The zero-order valence-corrected chi connectivity index (χ0v) is 13.9. The first kappa shape index (κ1) is 15.6. The lowest BCUT2D eigenvalue weighted by molar-refractivity contribution is 0.199. The van der Waals surface area contributed by atoms with Gasteiger partial charge < -0.3 is 14.8 Å². The highest BCUT2D eigenvalue weighted by atomic mass is 16.5.